The summed E-state index contributed by atoms with van der Waals surface area (Å²) in [6, 6.07) is 0. The zero-order valence-electron chi connectivity index (χ0n) is 19.3. The fourth-order valence-electron chi connectivity index (χ4n) is 3.84. The molecule has 1 saturated carbocycles. The van der Waals surface area contributed by atoms with Crippen LogP contribution in [-0.4, -0.2) is 75.2 Å². The Balaban J connectivity index is 2.37. The van der Waals surface area contributed by atoms with Crippen molar-refractivity contribution < 1.29 is 35.1 Å². The number of aliphatic hydroxyl groups is 5. The first-order chi connectivity index (χ1) is 15.3. The molecule has 0 aromatic rings. The molecule has 0 aliphatic heterocycles. The van der Waals surface area contributed by atoms with Crippen molar-refractivity contribution in [2.75, 3.05) is 19.8 Å². The van der Waals surface area contributed by atoms with E-state index in [0.717, 1.165) is 19.3 Å². The van der Waals surface area contributed by atoms with Crippen LogP contribution in [-0.2, 0) is 9.53 Å². The summed E-state index contributed by atoms with van der Waals surface area (Å²) < 4.78 is 5.00. The van der Waals surface area contributed by atoms with Crippen molar-refractivity contribution in [1.82, 2.24) is 0 Å². The van der Waals surface area contributed by atoms with Crippen molar-refractivity contribution in [3.8, 4) is 0 Å². The van der Waals surface area contributed by atoms with Gasteiger partial charge in [-0.2, -0.15) is 0 Å². The maximum atomic E-state index is 11.7. The minimum absolute atomic E-state index is 0.111. The van der Waals surface area contributed by atoms with E-state index in [2.05, 4.69) is 6.92 Å². The molecule has 8 heteroatoms. The highest BCUT2D eigenvalue weighted by Gasteiger charge is 2.39. The molecule has 0 amide bonds. The Morgan fingerprint density at radius 3 is 2.53 bits per heavy atom. The topological polar surface area (TPSA) is 153 Å². The first-order valence-electron chi connectivity index (χ1n) is 11.8. The average Bonchev–Trinajstić information content (AvgIpc) is 3.05. The lowest BCUT2D eigenvalue weighted by Crippen LogP contribution is -2.51. The molecular weight excluding hydrogens is 414 g/mol. The Morgan fingerprint density at radius 1 is 1.16 bits per heavy atom. The number of rotatable bonds is 16. The quantitative estimate of drug-likeness (QED) is 0.115. The van der Waals surface area contributed by atoms with Crippen LogP contribution < -0.4 is 5.73 Å². The van der Waals surface area contributed by atoms with Crippen LogP contribution >= 0.6 is 0 Å². The van der Waals surface area contributed by atoms with Crippen LogP contribution in [0.3, 0.4) is 0 Å². The van der Waals surface area contributed by atoms with Gasteiger partial charge in [-0.3, -0.25) is 4.79 Å². The summed E-state index contributed by atoms with van der Waals surface area (Å²) in [7, 11) is 0. The molecule has 0 unspecified atom stereocenters. The second-order valence-electron chi connectivity index (χ2n) is 9.00. The van der Waals surface area contributed by atoms with Gasteiger partial charge in [0.25, 0.3) is 0 Å². The zero-order valence-corrected chi connectivity index (χ0v) is 19.3. The zero-order chi connectivity index (χ0) is 24.0. The van der Waals surface area contributed by atoms with Crippen LogP contribution in [0.25, 0.3) is 0 Å². The van der Waals surface area contributed by atoms with Gasteiger partial charge >= 0.3 is 5.97 Å². The SMILES string of the molecule is CCCCC[C@H](O)/C=C/[C@@H]1[C@@H](C/C=C\CCCC(=O)OCC(N)(CO)CO)[C@@H](O)C[C@H]1O. The van der Waals surface area contributed by atoms with E-state index >= 15 is 0 Å². The van der Waals surface area contributed by atoms with Crippen LogP contribution in [0.4, 0.5) is 0 Å². The minimum Gasteiger partial charge on any atom is -0.464 e. The number of carbonyl (C=O) groups excluding carboxylic acids is 1. The molecule has 0 radical (unpaired) electrons. The number of ether oxygens (including phenoxy) is 1. The first-order valence-corrected chi connectivity index (χ1v) is 11.8. The molecule has 0 spiro atoms. The maximum Gasteiger partial charge on any atom is 0.305 e. The molecule has 0 saturated heterocycles. The van der Waals surface area contributed by atoms with Gasteiger partial charge < -0.3 is 36.0 Å². The van der Waals surface area contributed by atoms with Gasteiger partial charge in [0, 0.05) is 18.8 Å². The molecule has 0 aromatic carbocycles. The van der Waals surface area contributed by atoms with Crippen molar-refractivity contribution in [2.45, 2.75) is 88.6 Å². The Kier molecular flexibility index (Phi) is 13.9. The van der Waals surface area contributed by atoms with Gasteiger partial charge in [0.05, 0.1) is 37.1 Å². The van der Waals surface area contributed by atoms with E-state index in [1.807, 2.05) is 18.2 Å². The van der Waals surface area contributed by atoms with E-state index in [-0.39, 0.29) is 24.9 Å². The van der Waals surface area contributed by atoms with Crippen molar-refractivity contribution in [1.29, 1.82) is 0 Å². The van der Waals surface area contributed by atoms with Crippen LogP contribution in [0.5, 0.6) is 0 Å². The lowest BCUT2D eigenvalue weighted by Gasteiger charge is -2.23. The van der Waals surface area contributed by atoms with E-state index in [4.69, 9.17) is 20.7 Å². The van der Waals surface area contributed by atoms with Gasteiger partial charge in [0.1, 0.15) is 6.61 Å². The Morgan fingerprint density at radius 2 is 1.88 bits per heavy atom. The van der Waals surface area contributed by atoms with E-state index in [1.54, 1.807) is 6.08 Å². The van der Waals surface area contributed by atoms with Crippen molar-refractivity contribution in [2.24, 2.45) is 17.6 Å². The number of esters is 1. The summed E-state index contributed by atoms with van der Waals surface area (Å²) in [5.74, 6) is -0.743. The fourth-order valence-corrected chi connectivity index (χ4v) is 3.84. The molecule has 0 bridgehead atoms. The van der Waals surface area contributed by atoms with Crippen LogP contribution in [0, 0.1) is 11.8 Å². The van der Waals surface area contributed by atoms with Crippen molar-refractivity contribution in [3.63, 3.8) is 0 Å². The van der Waals surface area contributed by atoms with Crippen molar-refractivity contribution >= 4 is 5.97 Å². The highest BCUT2D eigenvalue weighted by Crippen LogP contribution is 2.36. The monoisotopic (exact) mass is 457 g/mol. The normalized spacial score (nSPS) is 25.1. The molecule has 0 aromatic heterocycles. The van der Waals surface area contributed by atoms with E-state index in [1.165, 1.54) is 0 Å². The predicted octanol–water partition coefficient (Wildman–Crippen LogP) is 1.18. The lowest BCUT2D eigenvalue weighted by atomic mass is 9.89. The van der Waals surface area contributed by atoms with E-state index in [0.29, 0.717) is 32.1 Å². The number of hydrogen-bond donors (Lipinski definition) is 6. The highest BCUT2D eigenvalue weighted by molar-refractivity contribution is 5.69. The number of nitrogens with two attached hydrogens (primary N) is 1. The number of aliphatic hydroxyl groups excluding tert-OH is 5. The van der Waals surface area contributed by atoms with Gasteiger partial charge in [-0.25, -0.2) is 0 Å². The molecule has 8 nitrogen and oxygen atoms in total. The van der Waals surface area contributed by atoms with Gasteiger partial charge in [-0.05, 0) is 31.6 Å². The van der Waals surface area contributed by atoms with Crippen molar-refractivity contribution in [3.05, 3.63) is 24.3 Å². The van der Waals surface area contributed by atoms with E-state index < -0.39 is 43.0 Å². The predicted molar refractivity (Wildman–Crippen MR) is 123 cm³/mol. The molecule has 1 aliphatic rings. The molecule has 0 heterocycles. The summed E-state index contributed by atoms with van der Waals surface area (Å²) in [6.07, 6.45) is 12.0. The molecule has 5 atom stereocenters. The minimum atomic E-state index is -1.32. The van der Waals surface area contributed by atoms with Gasteiger partial charge in [-0.15, -0.1) is 0 Å². The molecular formula is C24H43NO7. The summed E-state index contributed by atoms with van der Waals surface area (Å²) >= 11 is 0. The molecule has 1 aliphatic carbocycles. The average molecular weight is 458 g/mol. The summed E-state index contributed by atoms with van der Waals surface area (Å²) in [5, 5.41) is 48.9. The molecule has 7 N–H and O–H groups in total. The standard InChI is InChI=1S/C24H43NO7/c1-2-3-6-9-18(28)12-13-20-19(21(29)14-22(20)30)10-7-4-5-8-11-23(31)32-17-24(25,15-26)16-27/h4,7,12-13,18-22,26-30H,2-3,5-6,8-11,14-17,25H2,1H3/b7-4-,13-12+/t18-,19+,20+,21-,22+/m0/s1. The fraction of sp³-hybridized carbons (Fsp3) is 0.792. The third-order valence-electron chi connectivity index (χ3n) is 6.05. The van der Waals surface area contributed by atoms with Gasteiger partial charge in [0.2, 0.25) is 0 Å². The number of allylic oxidation sites excluding steroid dienone is 2. The Hall–Kier alpha value is -1.29. The second-order valence-corrected chi connectivity index (χ2v) is 9.00. The lowest BCUT2D eigenvalue weighted by molar-refractivity contribution is -0.146. The Bertz CT molecular complexity index is 577. The molecule has 186 valence electrons. The number of unbranched alkanes of at least 4 members (excludes halogenated alkanes) is 3. The highest BCUT2D eigenvalue weighted by atomic mass is 16.5. The first kappa shape index (κ1) is 28.7. The number of carbonyl (C=O) groups is 1. The summed E-state index contributed by atoms with van der Waals surface area (Å²) in [5.41, 5.74) is 4.33. The van der Waals surface area contributed by atoms with Gasteiger partial charge in [-0.1, -0.05) is 50.5 Å². The third-order valence-corrected chi connectivity index (χ3v) is 6.05. The van der Waals surface area contributed by atoms with E-state index in [9.17, 15) is 20.1 Å². The molecule has 1 fully saturated rings. The second kappa shape index (κ2) is 15.5. The maximum absolute atomic E-state index is 11.7. The van der Waals surface area contributed by atoms with Crippen LogP contribution in [0.2, 0.25) is 0 Å². The Labute approximate surface area is 191 Å². The summed E-state index contributed by atoms with van der Waals surface area (Å²) in [4.78, 5) is 11.7. The van der Waals surface area contributed by atoms with Crippen LogP contribution in [0.15, 0.2) is 24.3 Å². The summed E-state index contributed by atoms with van der Waals surface area (Å²) in [6.45, 7) is 0.924. The smallest absolute Gasteiger partial charge is 0.305 e. The molecule has 32 heavy (non-hydrogen) atoms. The third kappa shape index (κ3) is 10.6. The van der Waals surface area contributed by atoms with Crippen LogP contribution in [0.1, 0.15) is 64.7 Å². The number of hydrogen-bond acceptors (Lipinski definition) is 8. The van der Waals surface area contributed by atoms with Gasteiger partial charge in [0.15, 0.2) is 0 Å². The largest absolute Gasteiger partial charge is 0.464 e. The molecule has 1 rings (SSSR count).